The van der Waals surface area contributed by atoms with E-state index in [9.17, 15) is 52.7 Å². The topological polar surface area (TPSA) is 262 Å². The molecule has 0 radical (unpaired) electrons. The van der Waals surface area contributed by atoms with Gasteiger partial charge in [-0.15, -0.1) is 0 Å². The largest absolute Gasteiger partial charge is 0.369 e. The minimum atomic E-state index is -0.579. The van der Waals surface area contributed by atoms with Gasteiger partial charge in [0.1, 0.15) is 34.7 Å². The normalized spacial score (nSPS) is 12.3. The Morgan fingerprint density at radius 3 is 0.972 bits per heavy atom. The molecule has 0 bridgehead atoms. The lowest BCUT2D eigenvalue weighted by Crippen LogP contribution is -2.34. The van der Waals surface area contributed by atoms with Crippen molar-refractivity contribution >= 4 is 64.2 Å². The fourth-order valence-corrected chi connectivity index (χ4v) is 8.70. The third-order valence-corrected chi connectivity index (χ3v) is 13.1. The second-order valence-electron chi connectivity index (χ2n) is 20.3. The number of carbonyl (C=O) groups excluding carboxylic acids is 11. The van der Waals surface area contributed by atoms with Crippen LogP contribution in [0.15, 0.2) is 0 Å². The molecule has 3 unspecified atom stereocenters. The van der Waals surface area contributed by atoms with Crippen LogP contribution in [0.4, 0.5) is 0 Å². The predicted molar refractivity (Wildman–Crippen MR) is 281 cm³/mol. The number of nitrogens with two attached hydrogens (primary N) is 1. The molecule has 0 spiro atoms. The van der Waals surface area contributed by atoms with E-state index in [4.69, 9.17) is 5.73 Å². The smallest absolute Gasteiger partial charge is 0.223 e. The first-order valence-electron chi connectivity index (χ1n) is 27.8. The first kappa shape index (κ1) is 67.4. The summed E-state index contributed by atoms with van der Waals surface area (Å²) in [5.41, 5.74) is 5.64. The lowest BCUT2D eigenvalue weighted by atomic mass is 9.92. The molecule has 0 aliphatic carbocycles. The summed E-state index contributed by atoms with van der Waals surface area (Å²) >= 11 is 0. The van der Waals surface area contributed by atoms with Crippen molar-refractivity contribution in [3.63, 3.8) is 0 Å². The van der Waals surface area contributed by atoms with Crippen LogP contribution in [-0.2, 0) is 52.7 Å². The summed E-state index contributed by atoms with van der Waals surface area (Å²) in [6.45, 7) is 7.92. The zero-order valence-corrected chi connectivity index (χ0v) is 45.2. The van der Waals surface area contributed by atoms with Crippen molar-refractivity contribution in [1.82, 2.24) is 21.3 Å². The number of hydrogen-bond donors (Lipinski definition) is 5. The number of hydrogen-bond acceptors (Lipinski definition) is 11. The third kappa shape index (κ3) is 43.0. The van der Waals surface area contributed by atoms with Gasteiger partial charge in [0.2, 0.25) is 29.5 Å². The van der Waals surface area contributed by atoms with Gasteiger partial charge in [0.15, 0.2) is 0 Å². The maximum Gasteiger partial charge on any atom is 0.223 e. The Balaban J connectivity index is 5.28. The molecule has 16 nitrogen and oxygen atoms in total. The Morgan fingerprint density at radius 2 is 0.611 bits per heavy atom. The summed E-state index contributed by atoms with van der Waals surface area (Å²) in [6, 6.07) is 0. The van der Waals surface area contributed by atoms with Gasteiger partial charge in [0, 0.05) is 115 Å². The molecule has 0 aromatic rings. The fourth-order valence-electron chi connectivity index (χ4n) is 8.70. The standard InChI is InChI=1S/C56H97N5O11/c1-43(62)26-12-5-8-15-32-50(66)40-47(54(57)70)29-19-24-38-60-56(72)49(42-52(68)34-17-10-7-14-28-45(3)64)31-21-25-39-61-55(71)48(41-51(67)33-16-9-6-13-27-44(2)63)30-20-23-37-59-53(69)35-18-11-22-36-58-46(4)65/h47-49H,5-42H2,1-4H3,(H2,57,70)(H,58,65)(H,59,69)(H,60,72)(H,61,71). The van der Waals surface area contributed by atoms with Crippen LogP contribution in [0.2, 0.25) is 0 Å². The van der Waals surface area contributed by atoms with Gasteiger partial charge in [0.05, 0.1) is 0 Å². The number of carbonyl (C=O) groups is 11. The monoisotopic (exact) mass is 1020 g/mol. The molecule has 0 aromatic carbocycles. The van der Waals surface area contributed by atoms with Crippen molar-refractivity contribution < 1.29 is 52.7 Å². The summed E-state index contributed by atoms with van der Waals surface area (Å²) < 4.78 is 0. The van der Waals surface area contributed by atoms with Gasteiger partial charge in [-0.1, -0.05) is 64.2 Å². The number of unbranched alkanes of at least 4 members (excludes halogenated alkanes) is 14. The molecule has 0 fully saturated rings. The number of ketones is 6. The van der Waals surface area contributed by atoms with Crippen molar-refractivity contribution in [2.45, 2.75) is 246 Å². The molecule has 412 valence electrons. The molecule has 3 atom stereocenters. The van der Waals surface area contributed by atoms with Gasteiger partial charge >= 0.3 is 0 Å². The van der Waals surface area contributed by atoms with Crippen LogP contribution in [0.3, 0.4) is 0 Å². The zero-order valence-electron chi connectivity index (χ0n) is 45.2. The van der Waals surface area contributed by atoms with Crippen LogP contribution >= 0.6 is 0 Å². The van der Waals surface area contributed by atoms with Gasteiger partial charge < -0.3 is 41.4 Å². The summed E-state index contributed by atoms with van der Waals surface area (Å²) in [5, 5.41) is 11.7. The van der Waals surface area contributed by atoms with E-state index in [1.54, 1.807) is 20.8 Å². The van der Waals surface area contributed by atoms with Crippen LogP contribution in [0.5, 0.6) is 0 Å². The SMILES string of the molecule is CC(=O)CCCCCCC(=O)CC(CCCCNC(=O)C(CCCCNC(=O)C(CCCCNC(=O)CCCCCNC(C)=O)CC(=O)CCCCCCC(C)=O)CC(=O)CCCCCCC(C)=O)C(N)=O. The zero-order chi connectivity index (χ0) is 53.8. The molecular weight excluding hydrogens is 919 g/mol. The molecule has 72 heavy (non-hydrogen) atoms. The highest BCUT2D eigenvalue weighted by Crippen LogP contribution is 2.20. The average Bonchev–Trinajstić information content (AvgIpc) is 3.31. The lowest BCUT2D eigenvalue weighted by Gasteiger charge is -2.18. The molecule has 5 amide bonds. The van der Waals surface area contributed by atoms with Crippen molar-refractivity contribution in [3.05, 3.63) is 0 Å². The van der Waals surface area contributed by atoms with E-state index in [0.29, 0.717) is 148 Å². The van der Waals surface area contributed by atoms with Crippen molar-refractivity contribution in [3.8, 4) is 0 Å². The van der Waals surface area contributed by atoms with Gasteiger partial charge in [-0.2, -0.15) is 0 Å². The van der Waals surface area contributed by atoms with Crippen molar-refractivity contribution in [2.75, 3.05) is 26.2 Å². The van der Waals surface area contributed by atoms with E-state index in [0.717, 1.165) is 77.0 Å². The van der Waals surface area contributed by atoms with Crippen molar-refractivity contribution in [1.29, 1.82) is 0 Å². The Hall–Kier alpha value is -4.63. The van der Waals surface area contributed by atoms with Crippen LogP contribution in [-0.4, -0.2) is 90.4 Å². The second kappa shape index (κ2) is 45.0. The quantitative estimate of drug-likeness (QED) is 0.0361. The summed E-state index contributed by atoms with van der Waals surface area (Å²) in [5.74, 6) is -2.26. The first-order valence-corrected chi connectivity index (χ1v) is 27.8. The highest BCUT2D eigenvalue weighted by Gasteiger charge is 2.24. The summed E-state index contributed by atoms with van der Waals surface area (Å²) in [6.07, 6.45) is 20.3. The van der Waals surface area contributed by atoms with Gasteiger partial charge in [-0.05, 0) is 111 Å². The van der Waals surface area contributed by atoms with Gasteiger partial charge in [-0.25, -0.2) is 0 Å². The summed E-state index contributed by atoms with van der Waals surface area (Å²) in [4.78, 5) is 135. The number of nitrogens with one attached hydrogen (secondary N) is 4. The average molecular weight is 1020 g/mol. The molecular formula is C56H97N5O11. The van der Waals surface area contributed by atoms with E-state index in [2.05, 4.69) is 21.3 Å². The lowest BCUT2D eigenvalue weighted by molar-refractivity contribution is -0.130. The fraction of sp³-hybridized carbons (Fsp3) is 0.804. The highest BCUT2D eigenvalue weighted by molar-refractivity contribution is 5.88. The van der Waals surface area contributed by atoms with Crippen LogP contribution < -0.4 is 27.0 Å². The predicted octanol–water partition coefficient (Wildman–Crippen LogP) is 8.54. The van der Waals surface area contributed by atoms with E-state index in [-0.39, 0.29) is 77.6 Å². The van der Waals surface area contributed by atoms with Gasteiger partial charge in [-0.3, -0.25) is 38.4 Å². The number of primary amides is 1. The molecule has 0 saturated heterocycles. The molecule has 0 heterocycles. The van der Waals surface area contributed by atoms with Gasteiger partial charge in [0.25, 0.3) is 0 Å². The number of amides is 5. The minimum Gasteiger partial charge on any atom is -0.369 e. The Labute approximate surface area is 432 Å². The second-order valence-corrected chi connectivity index (χ2v) is 20.3. The van der Waals surface area contributed by atoms with E-state index < -0.39 is 23.7 Å². The Kier molecular flexibility index (Phi) is 42.1. The van der Waals surface area contributed by atoms with E-state index in [1.807, 2.05) is 0 Å². The van der Waals surface area contributed by atoms with E-state index in [1.165, 1.54) is 6.92 Å². The molecule has 0 rings (SSSR count). The van der Waals surface area contributed by atoms with Crippen LogP contribution in [0.1, 0.15) is 246 Å². The number of rotatable bonds is 51. The number of Topliss-reactive ketones (excluding diaryl/α,β-unsaturated/α-hetero) is 6. The molecule has 0 aliphatic heterocycles. The van der Waals surface area contributed by atoms with Crippen LogP contribution in [0.25, 0.3) is 0 Å². The molecule has 0 aliphatic rings. The van der Waals surface area contributed by atoms with E-state index >= 15 is 0 Å². The van der Waals surface area contributed by atoms with Crippen LogP contribution in [0, 0.1) is 17.8 Å². The maximum atomic E-state index is 13.5. The molecule has 16 heteroatoms. The molecule has 6 N–H and O–H groups in total. The summed E-state index contributed by atoms with van der Waals surface area (Å²) in [7, 11) is 0. The first-order chi connectivity index (χ1) is 34.4. The Morgan fingerprint density at radius 1 is 0.319 bits per heavy atom. The highest BCUT2D eigenvalue weighted by atomic mass is 16.2. The van der Waals surface area contributed by atoms with Crippen molar-refractivity contribution in [2.24, 2.45) is 23.5 Å². The third-order valence-electron chi connectivity index (χ3n) is 13.1. The molecule has 0 saturated carbocycles. The Bertz CT molecular complexity index is 1630. The minimum absolute atomic E-state index is 0.00147. The maximum absolute atomic E-state index is 13.5. The molecule has 0 aromatic heterocycles.